The molecule has 2 aliphatic heterocycles. The number of nitrogen functional groups attached to an aromatic ring is 1. The third-order valence-electron chi connectivity index (χ3n) is 6.70. The van der Waals surface area contributed by atoms with Crippen LogP contribution in [0.2, 0.25) is 0 Å². The Morgan fingerprint density at radius 3 is 2.77 bits per heavy atom. The lowest BCUT2D eigenvalue weighted by Gasteiger charge is -2.49. The number of nitrogens with zero attached hydrogens (tertiary/aromatic N) is 5. The quantitative estimate of drug-likeness (QED) is 0.120. The van der Waals surface area contributed by atoms with Crippen LogP contribution >= 0.6 is 23.1 Å². The van der Waals surface area contributed by atoms with E-state index in [1.54, 1.807) is 34.5 Å². The summed E-state index contributed by atoms with van der Waals surface area (Å²) < 4.78 is 7.51. The Labute approximate surface area is 237 Å². The van der Waals surface area contributed by atoms with Gasteiger partial charge >= 0.3 is 5.97 Å². The number of amides is 2. The number of rotatable bonds is 10. The maximum absolute atomic E-state index is 13.2. The Bertz CT molecular complexity index is 1410. The predicted octanol–water partition coefficient (Wildman–Crippen LogP) is 1.01. The number of carbonyl (C=O) groups is 3. The number of aliphatic carboxylic acids is 1. The number of nitriles is 1. The highest BCUT2D eigenvalue weighted by molar-refractivity contribution is 7.99. The molecule has 4 N–H and O–H groups in total. The Kier molecular flexibility index (Phi) is 8.17. The lowest BCUT2D eigenvalue weighted by atomic mass is 9.92. The number of fused-ring (bicyclic) bond motifs is 1. The summed E-state index contributed by atoms with van der Waals surface area (Å²) in [5, 5.41) is 27.3. The molecule has 2 atom stereocenters. The van der Waals surface area contributed by atoms with Gasteiger partial charge in [0, 0.05) is 22.4 Å². The van der Waals surface area contributed by atoms with E-state index in [2.05, 4.69) is 21.5 Å². The number of carboxylic acid groups (broad SMARTS) is 1. The van der Waals surface area contributed by atoms with Gasteiger partial charge in [-0.15, -0.1) is 23.1 Å². The van der Waals surface area contributed by atoms with Gasteiger partial charge in [0.05, 0.1) is 5.75 Å². The molecule has 208 valence electrons. The maximum atomic E-state index is 13.2. The molecule has 2 aromatic rings. The van der Waals surface area contributed by atoms with Crippen molar-refractivity contribution in [3.8, 4) is 6.07 Å². The first-order chi connectivity index (χ1) is 19.4. The zero-order chi connectivity index (χ0) is 28.2. The molecule has 0 aromatic carbocycles. The van der Waals surface area contributed by atoms with Crippen LogP contribution in [0.3, 0.4) is 0 Å². The van der Waals surface area contributed by atoms with Crippen molar-refractivity contribution >= 4 is 51.7 Å². The number of hydrogen-bond acceptors (Lipinski definition) is 11. The summed E-state index contributed by atoms with van der Waals surface area (Å²) in [4.78, 5) is 50.2. The predicted molar refractivity (Wildman–Crippen MR) is 143 cm³/mol. The van der Waals surface area contributed by atoms with Crippen LogP contribution in [0, 0.1) is 11.3 Å². The zero-order valence-electron chi connectivity index (χ0n) is 21.2. The van der Waals surface area contributed by atoms with Crippen molar-refractivity contribution in [3.05, 3.63) is 47.1 Å². The fraction of sp³-hybridized carbons (Fsp3) is 0.400. The second-order valence-electron chi connectivity index (χ2n) is 9.29. The summed E-state index contributed by atoms with van der Waals surface area (Å²) in [5.41, 5.74) is 5.62. The molecule has 1 saturated carbocycles. The van der Waals surface area contributed by atoms with Crippen LogP contribution in [-0.4, -0.2) is 69.0 Å². The summed E-state index contributed by atoms with van der Waals surface area (Å²) >= 11 is 2.48. The zero-order valence-corrected chi connectivity index (χ0v) is 22.8. The van der Waals surface area contributed by atoms with Gasteiger partial charge in [0.15, 0.2) is 28.9 Å². The molecule has 0 radical (unpaired) electrons. The van der Waals surface area contributed by atoms with Crippen molar-refractivity contribution in [2.24, 2.45) is 5.16 Å². The molecular formula is C25H26N7O6S2+. The van der Waals surface area contributed by atoms with Crippen LogP contribution in [0.5, 0.6) is 0 Å². The molecule has 13 nitrogen and oxygen atoms in total. The smallest absolute Gasteiger partial charge is 0.356 e. The van der Waals surface area contributed by atoms with Gasteiger partial charge in [-0.2, -0.15) is 9.83 Å². The van der Waals surface area contributed by atoms with E-state index < -0.39 is 29.9 Å². The first-order valence-corrected chi connectivity index (χ1v) is 14.4. The number of carbonyl (C=O) groups excluding carboxylic acids is 2. The van der Waals surface area contributed by atoms with Crippen LogP contribution in [0.15, 0.2) is 51.4 Å². The normalized spacial score (nSPS) is 20.8. The van der Waals surface area contributed by atoms with Gasteiger partial charge in [-0.1, -0.05) is 5.16 Å². The third kappa shape index (κ3) is 5.73. The molecule has 5 rings (SSSR count). The number of nitrogens with two attached hydrogens (primary N) is 1. The standard InChI is InChI=1S/C25H25N7O6S2/c26-7-10-31-8-5-15(6-9-31)39-13-18-21(24(35)36)32-17(11-37-18)20(23(32)34)29-22(33)19(16-12-40-25(27)28-16)30-38-14-3-1-2-4-14/h5-6,8-9,12,14,17,20H,1-4,10-11,13H2,(H3-,27,28,29,33,35,36)/p+1/b30-19-/t17-,20+/m1/s1. The average molecular weight is 585 g/mol. The Morgan fingerprint density at radius 1 is 1.38 bits per heavy atom. The van der Waals surface area contributed by atoms with Crippen LogP contribution in [-0.2, 0) is 30.5 Å². The minimum Gasteiger partial charge on any atom is -0.492 e. The van der Waals surface area contributed by atoms with E-state index in [4.69, 9.17) is 20.6 Å². The first-order valence-electron chi connectivity index (χ1n) is 12.5. The largest absolute Gasteiger partial charge is 0.492 e. The average Bonchev–Trinajstić information content (AvgIpc) is 3.63. The number of ether oxygens (including phenoxy) is 1. The first kappa shape index (κ1) is 27.4. The highest BCUT2D eigenvalue weighted by Crippen LogP contribution is 2.35. The second-order valence-corrected chi connectivity index (χ2v) is 11.2. The maximum Gasteiger partial charge on any atom is 0.356 e. The van der Waals surface area contributed by atoms with E-state index in [0.717, 1.165) is 46.8 Å². The molecule has 0 spiro atoms. The summed E-state index contributed by atoms with van der Waals surface area (Å²) in [7, 11) is 0. The fourth-order valence-corrected chi connectivity index (χ4v) is 6.06. The van der Waals surface area contributed by atoms with Gasteiger partial charge in [0.1, 0.15) is 42.3 Å². The highest BCUT2D eigenvalue weighted by Gasteiger charge is 2.55. The lowest BCUT2D eigenvalue weighted by Crippen LogP contribution is -2.73. The molecule has 2 aromatic heterocycles. The van der Waals surface area contributed by atoms with Crippen molar-refractivity contribution in [1.82, 2.24) is 15.2 Å². The third-order valence-corrected chi connectivity index (χ3v) is 8.39. The van der Waals surface area contributed by atoms with E-state index in [9.17, 15) is 19.5 Å². The van der Waals surface area contributed by atoms with E-state index in [1.165, 1.54) is 11.8 Å². The highest BCUT2D eigenvalue weighted by atomic mass is 32.2. The molecular weight excluding hydrogens is 558 g/mol. The number of carboxylic acids is 1. The Balaban J connectivity index is 1.28. The minimum atomic E-state index is -1.30. The van der Waals surface area contributed by atoms with Crippen LogP contribution < -0.4 is 15.6 Å². The molecule has 15 heteroatoms. The van der Waals surface area contributed by atoms with Gasteiger partial charge in [0.25, 0.3) is 11.8 Å². The van der Waals surface area contributed by atoms with Crippen molar-refractivity contribution in [1.29, 1.82) is 5.26 Å². The van der Waals surface area contributed by atoms with Crippen LogP contribution in [0.25, 0.3) is 0 Å². The number of thioether (sulfide) groups is 1. The van der Waals surface area contributed by atoms with Gasteiger partial charge in [-0.3, -0.25) is 14.5 Å². The van der Waals surface area contributed by atoms with Crippen molar-refractivity contribution in [3.63, 3.8) is 0 Å². The minimum absolute atomic E-state index is 0.00895. The summed E-state index contributed by atoms with van der Waals surface area (Å²) in [6.07, 6.45) is 7.12. The molecule has 3 aliphatic rings. The van der Waals surface area contributed by atoms with Gasteiger partial charge < -0.3 is 25.7 Å². The van der Waals surface area contributed by atoms with Gasteiger partial charge in [0.2, 0.25) is 6.54 Å². The number of thiazole rings is 1. The fourth-order valence-electron chi connectivity index (χ4n) is 4.68. The molecule has 4 heterocycles. The van der Waals surface area contributed by atoms with Gasteiger partial charge in [-0.25, -0.2) is 9.78 Å². The topological polar surface area (TPSA) is 184 Å². The van der Waals surface area contributed by atoms with E-state index in [1.807, 2.05) is 0 Å². The molecule has 1 aliphatic carbocycles. The van der Waals surface area contributed by atoms with Crippen LogP contribution in [0.1, 0.15) is 31.4 Å². The van der Waals surface area contributed by atoms with E-state index in [-0.39, 0.29) is 53.0 Å². The second kappa shape index (κ2) is 11.9. The summed E-state index contributed by atoms with van der Waals surface area (Å²) in [6, 6.07) is 3.96. The van der Waals surface area contributed by atoms with Crippen molar-refractivity contribution in [2.45, 2.75) is 55.3 Å². The van der Waals surface area contributed by atoms with Crippen LogP contribution in [0.4, 0.5) is 5.13 Å². The number of nitrogens with one attached hydrogen (secondary N) is 1. The molecule has 40 heavy (non-hydrogen) atoms. The molecule has 2 amide bonds. The number of oxime groups is 1. The van der Waals surface area contributed by atoms with Crippen molar-refractivity contribution in [2.75, 3.05) is 18.1 Å². The number of β-lactam (4-membered cyclic amide) rings is 1. The monoisotopic (exact) mass is 584 g/mol. The Morgan fingerprint density at radius 2 is 2.12 bits per heavy atom. The van der Waals surface area contributed by atoms with Crippen molar-refractivity contribution < 1.29 is 33.6 Å². The molecule has 2 fully saturated rings. The number of pyridine rings is 1. The number of anilines is 1. The van der Waals surface area contributed by atoms with E-state index in [0.29, 0.717) is 0 Å². The van der Waals surface area contributed by atoms with E-state index >= 15 is 0 Å². The lowest BCUT2D eigenvalue weighted by molar-refractivity contribution is -0.685. The van der Waals surface area contributed by atoms with Gasteiger partial charge in [-0.05, 0) is 25.7 Å². The molecule has 0 unspecified atom stereocenters. The number of aromatic nitrogens is 2. The summed E-state index contributed by atoms with van der Waals surface area (Å²) in [6.45, 7) is 0.228. The number of hydrogen-bond donors (Lipinski definition) is 3. The Hall–Kier alpha value is -4.16. The SMILES string of the molecule is N#CC[n+]1ccc(SCC2=C(C(=O)O)N3C(=O)[C@@H](NC(=O)/C(=N\OC4CCCC4)c4csc(N)n4)[C@H]3CO2)cc1. The molecule has 0 bridgehead atoms. The molecule has 1 saturated heterocycles. The summed E-state index contributed by atoms with van der Waals surface area (Å²) in [5.74, 6) is -2.21.